The second-order valence-corrected chi connectivity index (χ2v) is 4.29. The fourth-order valence-electron chi connectivity index (χ4n) is 1.79. The van der Waals surface area contributed by atoms with Crippen molar-refractivity contribution in [2.75, 3.05) is 6.54 Å². The molecule has 3 heteroatoms. The van der Waals surface area contributed by atoms with Crippen LogP contribution in [0.3, 0.4) is 0 Å². The molecule has 0 aliphatic carbocycles. The maximum atomic E-state index is 13.4. The summed E-state index contributed by atoms with van der Waals surface area (Å²) in [6, 6.07) is 14.4. The van der Waals surface area contributed by atoms with E-state index in [1.165, 1.54) is 6.07 Å². The van der Waals surface area contributed by atoms with Gasteiger partial charge >= 0.3 is 0 Å². The van der Waals surface area contributed by atoms with Gasteiger partial charge in [-0.3, -0.25) is 0 Å². The van der Waals surface area contributed by atoms with E-state index in [0.29, 0.717) is 18.7 Å². The van der Waals surface area contributed by atoms with E-state index < -0.39 is 0 Å². The molecule has 0 radical (unpaired) electrons. The summed E-state index contributed by atoms with van der Waals surface area (Å²) in [5.41, 5.74) is 7.81. The zero-order valence-corrected chi connectivity index (χ0v) is 11.1. The molecular weight excluding hydrogens is 253 g/mol. The molecule has 0 saturated heterocycles. The number of nitrogens with two attached hydrogens (primary N) is 1. The SMILES string of the molecule is NCC#Cc1cccc(COCc2ccccc2F)c1. The minimum atomic E-state index is -0.241. The Labute approximate surface area is 118 Å². The quantitative estimate of drug-likeness (QED) is 0.866. The molecule has 0 aromatic heterocycles. The van der Waals surface area contributed by atoms with Crippen LogP contribution in [0.5, 0.6) is 0 Å². The van der Waals surface area contributed by atoms with Crippen LogP contribution in [0.4, 0.5) is 4.39 Å². The van der Waals surface area contributed by atoms with Crippen molar-refractivity contribution in [1.29, 1.82) is 0 Å². The standard InChI is InChI=1S/C17H16FNO/c18-17-9-2-1-8-16(17)13-20-12-15-6-3-5-14(11-15)7-4-10-19/h1-3,5-6,8-9,11H,10,12-13,19H2. The van der Waals surface area contributed by atoms with E-state index in [-0.39, 0.29) is 12.4 Å². The Morgan fingerprint density at radius 2 is 1.90 bits per heavy atom. The average molecular weight is 269 g/mol. The zero-order chi connectivity index (χ0) is 14.2. The molecule has 2 N–H and O–H groups in total. The fourth-order valence-corrected chi connectivity index (χ4v) is 1.79. The monoisotopic (exact) mass is 269 g/mol. The van der Waals surface area contributed by atoms with Gasteiger partial charge in [0.05, 0.1) is 19.8 Å². The van der Waals surface area contributed by atoms with Crippen LogP contribution in [0, 0.1) is 17.7 Å². The van der Waals surface area contributed by atoms with Crippen LogP contribution >= 0.6 is 0 Å². The maximum absolute atomic E-state index is 13.4. The molecule has 0 heterocycles. The molecular formula is C17H16FNO. The van der Waals surface area contributed by atoms with Gasteiger partial charge in [0.2, 0.25) is 0 Å². The summed E-state index contributed by atoms with van der Waals surface area (Å²) >= 11 is 0. The van der Waals surface area contributed by atoms with Gasteiger partial charge in [0, 0.05) is 11.1 Å². The normalized spacial score (nSPS) is 9.90. The van der Waals surface area contributed by atoms with Gasteiger partial charge in [-0.05, 0) is 23.8 Å². The lowest BCUT2D eigenvalue weighted by atomic mass is 10.1. The minimum Gasteiger partial charge on any atom is -0.372 e. The second kappa shape index (κ2) is 7.44. The average Bonchev–Trinajstić information content (AvgIpc) is 2.48. The van der Waals surface area contributed by atoms with E-state index in [1.54, 1.807) is 18.2 Å². The molecule has 0 amide bonds. The number of hydrogen-bond acceptors (Lipinski definition) is 2. The second-order valence-electron chi connectivity index (χ2n) is 4.29. The Kier molecular flexibility index (Phi) is 5.31. The van der Waals surface area contributed by atoms with Crippen molar-refractivity contribution in [2.45, 2.75) is 13.2 Å². The Hall–Kier alpha value is -2.15. The summed E-state index contributed by atoms with van der Waals surface area (Å²) in [7, 11) is 0. The first-order valence-corrected chi connectivity index (χ1v) is 6.38. The topological polar surface area (TPSA) is 35.2 Å². The minimum absolute atomic E-state index is 0.241. The number of halogens is 1. The van der Waals surface area contributed by atoms with Crippen molar-refractivity contribution in [1.82, 2.24) is 0 Å². The Balaban J connectivity index is 1.93. The molecule has 0 aliphatic rings. The molecule has 0 fully saturated rings. The predicted octanol–water partition coefficient (Wildman–Crippen LogP) is 2.85. The van der Waals surface area contributed by atoms with E-state index >= 15 is 0 Å². The van der Waals surface area contributed by atoms with E-state index in [4.69, 9.17) is 10.5 Å². The van der Waals surface area contributed by atoms with Crippen LogP contribution in [0.2, 0.25) is 0 Å². The highest BCUT2D eigenvalue weighted by Crippen LogP contribution is 2.10. The summed E-state index contributed by atoms with van der Waals surface area (Å²) in [5.74, 6) is 5.54. The summed E-state index contributed by atoms with van der Waals surface area (Å²) in [6.07, 6.45) is 0. The lowest BCUT2D eigenvalue weighted by Gasteiger charge is -2.06. The van der Waals surface area contributed by atoms with Crippen molar-refractivity contribution >= 4 is 0 Å². The highest BCUT2D eigenvalue weighted by molar-refractivity contribution is 5.37. The molecule has 2 rings (SSSR count). The molecule has 2 nitrogen and oxygen atoms in total. The Morgan fingerprint density at radius 1 is 1.05 bits per heavy atom. The van der Waals surface area contributed by atoms with Crippen LogP contribution in [0.15, 0.2) is 48.5 Å². The van der Waals surface area contributed by atoms with Crippen molar-refractivity contribution in [3.8, 4) is 11.8 Å². The molecule has 102 valence electrons. The van der Waals surface area contributed by atoms with Crippen LogP contribution in [0.1, 0.15) is 16.7 Å². The van der Waals surface area contributed by atoms with Crippen LogP contribution < -0.4 is 5.73 Å². The third kappa shape index (κ3) is 4.20. The summed E-state index contributed by atoms with van der Waals surface area (Å²) in [6.45, 7) is 1.02. The first-order valence-electron chi connectivity index (χ1n) is 6.38. The van der Waals surface area contributed by atoms with Crippen LogP contribution in [-0.2, 0) is 18.0 Å². The fraction of sp³-hybridized carbons (Fsp3) is 0.176. The van der Waals surface area contributed by atoms with Crippen molar-refractivity contribution in [2.24, 2.45) is 5.73 Å². The lowest BCUT2D eigenvalue weighted by molar-refractivity contribution is 0.105. The predicted molar refractivity (Wildman–Crippen MR) is 77.3 cm³/mol. The lowest BCUT2D eigenvalue weighted by Crippen LogP contribution is -1.97. The van der Waals surface area contributed by atoms with E-state index in [0.717, 1.165) is 11.1 Å². The number of ether oxygens (including phenoxy) is 1. The Morgan fingerprint density at radius 3 is 2.70 bits per heavy atom. The number of benzene rings is 2. The molecule has 0 unspecified atom stereocenters. The van der Waals surface area contributed by atoms with E-state index in [9.17, 15) is 4.39 Å². The smallest absolute Gasteiger partial charge is 0.128 e. The third-order valence-corrected chi connectivity index (χ3v) is 2.75. The maximum Gasteiger partial charge on any atom is 0.128 e. The molecule has 2 aromatic carbocycles. The molecule has 0 atom stereocenters. The van der Waals surface area contributed by atoms with Crippen molar-refractivity contribution in [3.63, 3.8) is 0 Å². The number of hydrogen-bond donors (Lipinski definition) is 1. The summed E-state index contributed by atoms with van der Waals surface area (Å²) < 4.78 is 18.9. The molecule has 0 saturated carbocycles. The van der Waals surface area contributed by atoms with Gasteiger partial charge in [0.25, 0.3) is 0 Å². The van der Waals surface area contributed by atoms with Crippen molar-refractivity contribution in [3.05, 3.63) is 71.0 Å². The van der Waals surface area contributed by atoms with Gasteiger partial charge < -0.3 is 10.5 Å². The molecule has 20 heavy (non-hydrogen) atoms. The largest absolute Gasteiger partial charge is 0.372 e. The van der Waals surface area contributed by atoms with Gasteiger partial charge in [-0.1, -0.05) is 42.2 Å². The molecule has 0 spiro atoms. The van der Waals surface area contributed by atoms with Crippen molar-refractivity contribution < 1.29 is 9.13 Å². The molecule has 2 aromatic rings. The summed E-state index contributed by atoms with van der Waals surface area (Å²) in [4.78, 5) is 0. The van der Waals surface area contributed by atoms with Crippen LogP contribution in [0.25, 0.3) is 0 Å². The van der Waals surface area contributed by atoms with E-state index in [1.807, 2.05) is 24.3 Å². The third-order valence-electron chi connectivity index (χ3n) is 2.75. The molecule has 0 aliphatic heterocycles. The van der Waals surface area contributed by atoms with E-state index in [2.05, 4.69) is 11.8 Å². The first kappa shape index (κ1) is 14.3. The highest BCUT2D eigenvalue weighted by Gasteiger charge is 2.01. The summed E-state index contributed by atoms with van der Waals surface area (Å²) in [5, 5.41) is 0. The first-order chi connectivity index (χ1) is 9.79. The Bertz CT molecular complexity index is 628. The molecule has 0 bridgehead atoms. The number of rotatable bonds is 4. The van der Waals surface area contributed by atoms with Gasteiger partial charge in [-0.25, -0.2) is 4.39 Å². The van der Waals surface area contributed by atoms with Gasteiger partial charge in [0.15, 0.2) is 0 Å². The van der Waals surface area contributed by atoms with Crippen LogP contribution in [-0.4, -0.2) is 6.54 Å². The van der Waals surface area contributed by atoms with Gasteiger partial charge in [-0.2, -0.15) is 0 Å². The van der Waals surface area contributed by atoms with Gasteiger partial charge in [0.1, 0.15) is 5.82 Å². The van der Waals surface area contributed by atoms with Gasteiger partial charge in [-0.15, -0.1) is 0 Å². The highest BCUT2D eigenvalue weighted by atomic mass is 19.1. The zero-order valence-electron chi connectivity index (χ0n) is 11.1.